The number of fused-ring (bicyclic) bond motifs is 4. The summed E-state index contributed by atoms with van der Waals surface area (Å²) in [6, 6.07) is 30.1. The fraction of sp³-hybridized carbons (Fsp3) is 0. The maximum atomic E-state index is 3.59. The van der Waals surface area contributed by atoms with Crippen molar-refractivity contribution < 1.29 is 0 Å². The van der Waals surface area contributed by atoms with E-state index in [0.717, 1.165) is 11.4 Å². The summed E-state index contributed by atoms with van der Waals surface area (Å²) in [6.07, 6.45) is 0. The molecule has 0 radical (unpaired) electrons. The van der Waals surface area contributed by atoms with Crippen molar-refractivity contribution in [3.8, 4) is 0 Å². The van der Waals surface area contributed by atoms with Crippen LogP contribution in [0.4, 0.5) is 11.4 Å². The number of nitrogens with one attached hydrogen (secondary N) is 1. The van der Waals surface area contributed by atoms with Gasteiger partial charge in [0.05, 0.1) is 0 Å². The Bertz CT molecular complexity index is 1180. The van der Waals surface area contributed by atoms with Gasteiger partial charge < -0.3 is 5.32 Å². The van der Waals surface area contributed by atoms with Crippen molar-refractivity contribution in [3.63, 3.8) is 0 Å². The SMILES string of the molecule is c1ccc2c(Nc3ccc4c(c3)sc3ccccc34)cccc2c1. The van der Waals surface area contributed by atoms with Gasteiger partial charge in [-0.25, -0.2) is 0 Å². The Balaban J connectivity index is 1.62. The molecule has 0 aliphatic carbocycles. The van der Waals surface area contributed by atoms with Crippen molar-refractivity contribution >= 4 is 53.7 Å². The smallest absolute Gasteiger partial charge is 0.0463 e. The zero-order valence-corrected chi connectivity index (χ0v) is 13.8. The van der Waals surface area contributed by atoms with Crippen molar-refractivity contribution in [1.82, 2.24) is 0 Å². The van der Waals surface area contributed by atoms with Gasteiger partial charge in [0.25, 0.3) is 0 Å². The van der Waals surface area contributed by atoms with Gasteiger partial charge in [0.15, 0.2) is 0 Å². The quantitative estimate of drug-likeness (QED) is 0.370. The van der Waals surface area contributed by atoms with Gasteiger partial charge in [0, 0.05) is 36.9 Å². The van der Waals surface area contributed by atoms with Gasteiger partial charge >= 0.3 is 0 Å². The number of anilines is 2. The molecule has 114 valence electrons. The lowest BCUT2D eigenvalue weighted by atomic mass is 10.1. The summed E-state index contributed by atoms with van der Waals surface area (Å²) in [5.74, 6) is 0. The molecule has 0 unspecified atom stereocenters. The van der Waals surface area contributed by atoms with E-state index in [4.69, 9.17) is 0 Å². The third kappa shape index (κ3) is 2.15. The molecule has 0 spiro atoms. The third-order valence-electron chi connectivity index (χ3n) is 4.45. The number of benzene rings is 4. The molecule has 0 aliphatic heterocycles. The molecule has 0 atom stereocenters. The summed E-state index contributed by atoms with van der Waals surface area (Å²) >= 11 is 1.85. The average molecular weight is 325 g/mol. The van der Waals surface area contributed by atoms with Crippen LogP contribution >= 0.6 is 11.3 Å². The maximum Gasteiger partial charge on any atom is 0.0463 e. The average Bonchev–Trinajstić information content (AvgIpc) is 3.00. The Labute approximate surface area is 144 Å². The minimum Gasteiger partial charge on any atom is -0.355 e. The van der Waals surface area contributed by atoms with Crippen LogP contribution in [-0.2, 0) is 0 Å². The zero-order chi connectivity index (χ0) is 15.9. The highest BCUT2D eigenvalue weighted by Crippen LogP contribution is 2.36. The van der Waals surface area contributed by atoms with Crippen molar-refractivity contribution in [2.45, 2.75) is 0 Å². The first kappa shape index (κ1) is 13.6. The number of hydrogen-bond acceptors (Lipinski definition) is 2. The fourth-order valence-electron chi connectivity index (χ4n) is 3.29. The minimum absolute atomic E-state index is 1.13. The molecule has 5 rings (SSSR count). The predicted octanol–water partition coefficient (Wildman–Crippen LogP) is 6.95. The van der Waals surface area contributed by atoms with Crippen LogP contribution in [0.25, 0.3) is 30.9 Å². The summed E-state index contributed by atoms with van der Waals surface area (Å²) in [6.45, 7) is 0. The van der Waals surface area contributed by atoms with Crippen molar-refractivity contribution in [2.75, 3.05) is 5.32 Å². The van der Waals surface area contributed by atoms with Crippen LogP contribution in [-0.4, -0.2) is 0 Å². The summed E-state index contributed by atoms with van der Waals surface area (Å²) in [7, 11) is 0. The highest BCUT2D eigenvalue weighted by Gasteiger charge is 2.06. The lowest BCUT2D eigenvalue weighted by Crippen LogP contribution is -1.90. The van der Waals surface area contributed by atoms with E-state index in [9.17, 15) is 0 Å². The largest absolute Gasteiger partial charge is 0.355 e. The van der Waals surface area contributed by atoms with Crippen LogP contribution in [0.5, 0.6) is 0 Å². The van der Waals surface area contributed by atoms with Gasteiger partial charge in [-0.05, 0) is 29.7 Å². The van der Waals surface area contributed by atoms with Crippen molar-refractivity contribution in [3.05, 3.63) is 84.9 Å². The topological polar surface area (TPSA) is 12.0 Å². The van der Waals surface area contributed by atoms with Crippen LogP contribution in [0.3, 0.4) is 0 Å². The van der Waals surface area contributed by atoms with Crippen molar-refractivity contribution in [1.29, 1.82) is 0 Å². The highest BCUT2D eigenvalue weighted by molar-refractivity contribution is 7.25. The molecule has 24 heavy (non-hydrogen) atoms. The van der Waals surface area contributed by atoms with E-state index in [2.05, 4.69) is 90.2 Å². The Morgan fingerprint density at radius 2 is 1.33 bits per heavy atom. The molecule has 0 amide bonds. The fourth-order valence-corrected chi connectivity index (χ4v) is 4.44. The monoisotopic (exact) mass is 325 g/mol. The summed E-state index contributed by atoms with van der Waals surface area (Å²) < 4.78 is 2.66. The van der Waals surface area contributed by atoms with Crippen LogP contribution in [0.15, 0.2) is 84.9 Å². The summed E-state index contributed by atoms with van der Waals surface area (Å²) in [5, 5.41) is 8.77. The molecule has 1 N–H and O–H groups in total. The van der Waals surface area contributed by atoms with E-state index >= 15 is 0 Å². The Morgan fingerprint density at radius 3 is 2.29 bits per heavy atom. The summed E-state index contributed by atoms with van der Waals surface area (Å²) in [4.78, 5) is 0. The maximum absolute atomic E-state index is 3.59. The normalized spacial score (nSPS) is 11.3. The summed E-state index contributed by atoms with van der Waals surface area (Å²) in [5.41, 5.74) is 2.28. The molecule has 1 aromatic heterocycles. The van der Waals surface area contributed by atoms with Crippen LogP contribution < -0.4 is 5.32 Å². The van der Waals surface area contributed by atoms with E-state index < -0.39 is 0 Å². The van der Waals surface area contributed by atoms with E-state index in [1.807, 2.05) is 11.3 Å². The Hall–Kier alpha value is -2.84. The minimum atomic E-state index is 1.13. The third-order valence-corrected chi connectivity index (χ3v) is 5.58. The standard InChI is InChI=1S/C22H15NS/c1-2-8-17-15(6-1)7-5-10-20(17)23-16-12-13-19-18-9-3-4-11-21(18)24-22(19)14-16/h1-14,23H. The van der Waals surface area contributed by atoms with E-state index in [-0.39, 0.29) is 0 Å². The lowest BCUT2D eigenvalue weighted by molar-refractivity contribution is 1.61. The second-order valence-electron chi connectivity index (χ2n) is 5.96. The molecule has 5 aromatic rings. The van der Waals surface area contributed by atoms with Gasteiger partial charge in [0.1, 0.15) is 0 Å². The molecule has 1 heterocycles. The van der Waals surface area contributed by atoms with Gasteiger partial charge in [-0.15, -0.1) is 11.3 Å². The first-order valence-corrected chi connectivity index (χ1v) is 8.86. The number of rotatable bonds is 2. The van der Waals surface area contributed by atoms with Crippen LogP contribution in [0.2, 0.25) is 0 Å². The van der Waals surface area contributed by atoms with E-state index in [1.54, 1.807) is 0 Å². The predicted molar refractivity (Wildman–Crippen MR) is 107 cm³/mol. The van der Waals surface area contributed by atoms with Gasteiger partial charge in [-0.3, -0.25) is 0 Å². The molecule has 2 heteroatoms. The molecule has 4 aromatic carbocycles. The van der Waals surface area contributed by atoms with Gasteiger partial charge in [0.2, 0.25) is 0 Å². The lowest BCUT2D eigenvalue weighted by Gasteiger charge is -2.10. The molecule has 1 nitrogen and oxygen atoms in total. The molecule has 0 aliphatic rings. The van der Waals surface area contributed by atoms with Gasteiger partial charge in [-0.2, -0.15) is 0 Å². The molecular formula is C22H15NS. The number of thiophene rings is 1. The molecular weight excluding hydrogens is 310 g/mol. The van der Waals surface area contributed by atoms with Crippen LogP contribution in [0.1, 0.15) is 0 Å². The second-order valence-corrected chi connectivity index (χ2v) is 7.04. The zero-order valence-electron chi connectivity index (χ0n) is 13.0. The Kier molecular flexibility index (Phi) is 3.03. The molecule has 0 bridgehead atoms. The van der Waals surface area contributed by atoms with Gasteiger partial charge in [-0.1, -0.05) is 60.7 Å². The highest BCUT2D eigenvalue weighted by atomic mass is 32.1. The first-order valence-electron chi connectivity index (χ1n) is 8.04. The molecule has 0 saturated heterocycles. The van der Waals surface area contributed by atoms with Crippen LogP contribution in [0, 0.1) is 0 Å². The number of hydrogen-bond donors (Lipinski definition) is 1. The van der Waals surface area contributed by atoms with Crippen molar-refractivity contribution in [2.24, 2.45) is 0 Å². The Morgan fingerprint density at radius 1 is 0.583 bits per heavy atom. The van der Waals surface area contributed by atoms with E-state index in [1.165, 1.54) is 30.9 Å². The second kappa shape index (κ2) is 5.36. The molecule has 0 fully saturated rings. The van der Waals surface area contributed by atoms with E-state index in [0.29, 0.717) is 0 Å². The molecule has 0 saturated carbocycles. The first-order chi connectivity index (χ1) is 11.9.